The van der Waals surface area contributed by atoms with Crippen molar-refractivity contribution in [1.82, 2.24) is 5.32 Å². The van der Waals surface area contributed by atoms with Gasteiger partial charge in [-0.3, -0.25) is 0 Å². The summed E-state index contributed by atoms with van der Waals surface area (Å²) in [6.45, 7) is 4.34. The Balaban J connectivity index is 2.25. The van der Waals surface area contributed by atoms with Crippen LogP contribution in [-0.4, -0.2) is 18.6 Å². The van der Waals surface area contributed by atoms with Gasteiger partial charge in [0.1, 0.15) is 0 Å². The normalized spacial score (nSPS) is 13.1. The summed E-state index contributed by atoms with van der Waals surface area (Å²) in [6.07, 6.45) is 2.16. The van der Waals surface area contributed by atoms with Crippen molar-refractivity contribution in [3.63, 3.8) is 0 Å². The summed E-state index contributed by atoms with van der Waals surface area (Å²) in [5, 5.41) is 3.48. The fraction of sp³-hybridized carbons (Fsp3) is 0.600. The Labute approximate surface area is 117 Å². The molecule has 1 aromatic rings. The Morgan fingerprint density at radius 2 is 2.27 bits per heavy atom. The Bertz CT molecular complexity index is 282. The number of halogens is 2. The third kappa shape index (κ3) is 5.22. The molecule has 0 spiro atoms. The van der Waals surface area contributed by atoms with E-state index in [1.807, 2.05) is 11.8 Å². The maximum Gasteiger partial charge on any atom is 0.0843 e. The number of hydrogen-bond donors (Lipinski definition) is 1. The summed E-state index contributed by atoms with van der Waals surface area (Å²) in [4.78, 5) is 1.37. The van der Waals surface area contributed by atoms with Crippen molar-refractivity contribution in [3.8, 4) is 0 Å². The average molecular weight is 373 g/mol. The van der Waals surface area contributed by atoms with Gasteiger partial charge in [-0.15, -0.1) is 11.3 Å². The predicted octanol–water partition coefficient (Wildman–Crippen LogP) is 4.36. The molecule has 0 amide bonds. The van der Waals surface area contributed by atoms with Gasteiger partial charge in [0.15, 0.2) is 0 Å². The highest BCUT2D eigenvalue weighted by molar-refractivity contribution is 9.13. The fourth-order valence-electron chi connectivity index (χ4n) is 1.26. The van der Waals surface area contributed by atoms with Crippen LogP contribution in [-0.2, 0) is 6.54 Å². The van der Waals surface area contributed by atoms with Crippen molar-refractivity contribution < 1.29 is 0 Å². The second-order valence-electron chi connectivity index (χ2n) is 3.53. The summed E-state index contributed by atoms with van der Waals surface area (Å²) in [5.74, 6) is 1.97. The molecule has 0 aliphatic heterocycles. The van der Waals surface area contributed by atoms with Crippen LogP contribution in [0.25, 0.3) is 0 Å². The van der Waals surface area contributed by atoms with Gasteiger partial charge < -0.3 is 5.32 Å². The Morgan fingerprint density at radius 1 is 1.53 bits per heavy atom. The van der Waals surface area contributed by atoms with E-state index in [-0.39, 0.29) is 0 Å². The maximum absolute atomic E-state index is 3.50. The highest BCUT2D eigenvalue weighted by atomic mass is 79.9. The lowest BCUT2D eigenvalue weighted by Crippen LogP contribution is -2.21. The number of rotatable bonds is 6. The van der Waals surface area contributed by atoms with Gasteiger partial charge in [0.25, 0.3) is 0 Å². The number of hydrogen-bond acceptors (Lipinski definition) is 3. The molecule has 1 rings (SSSR count). The Morgan fingerprint density at radius 3 is 2.80 bits per heavy atom. The van der Waals surface area contributed by atoms with E-state index in [2.05, 4.69) is 56.4 Å². The zero-order valence-electron chi connectivity index (χ0n) is 8.85. The lowest BCUT2D eigenvalue weighted by molar-refractivity contribution is 0.562. The summed E-state index contributed by atoms with van der Waals surface area (Å²) < 4.78 is 2.33. The Hall–Kier alpha value is 0.970. The molecule has 0 bridgehead atoms. The molecule has 86 valence electrons. The third-order valence-electron chi connectivity index (χ3n) is 1.94. The molecule has 0 aliphatic rings. The van der Waals surface area contributed by atoms with Gasteiger partial charge in [0.2, 0.25) is 0 Å². The van der Waals surface area contributed by atoms with E-state index >= 15 is 0 Å². The minimum Gasteiger partial charge on any atom is -0.312 e. The minimum atomic E-state index is 0.742. The zero-order valence-corrected chi connectivity index (χ0v) is 13.7. The molecule has 0 aliphatic carbocycles. The molecule has 0 aromatic carbocycles. The molecule has 0 fully saturated rings. The van der Waals surface area contributed by atoms with E-state index < -0.39 is 0 Å². The minimum absolute atomic E-state index is 0.742. The first-order valence-corrected chi connectivity index (χ1v) is 8.56. The van der Waals surface area contributed by atoms with Crippen LogP contribution in [0.1, 0.15) is 11.8 Å². The molecule has 1 atom stereocenters. The van der Waals surface area contributed by atoms with E-state index in [0.717, 1.165) is 23.5 Å². The van der Waals surface area contributed by atoms with Gasteiger partial charge in [0, 0.05) is 15.9 Å². The summed E-state index contributed by atoms with van der Waals surface area (Å²) >= 11 is 10.7. The second-order valence-corrected chi connectivity index (χ2v) is 7.75. The molecule has 1 N–H and O–H groups in total. The van der Waals surface area contributed by atoms with Gasteiger partial charge in [-0.1, -0.05) is 6.92 Å². The van der Waals surface area contributed by atoms with Crippen LogP contribution >= 0.6 is 55.0 Å². The molecule has 1 unspecified atom stereocenters. The third-order valence-corrected chi connectivity index (χ3v) is 6.10. The Kier molecular flexibility index (Phi) is 6.85. The lowest BCUT2D eigenvalue weighted by atomic mass is 10.2. The molecular formula is C10H15Br2NS2. The zero-order chi connectivity index (χ0) is 11.3. The monoisotopic (exact) mass is 371 g/mol. The van der Waals surface area contributed by atoms with Gasteiger partial charge >= 0.3 is 0 Å². The van der Waals surface area contributed by atoms with Crippen LogP contribution in [0, 0.1) is 5.92 Å². The van der Waals surface area contributed by atoms with Crippen molar-refractivity contribution in [2.75, 3.05) is 18.6 Å². The van der Waals surface area contributed by atoms with Crippen LogP contribution in [0.4, 0.5) is 0 Å². The highest BCUT2D eigenvalue weighted by Crippen LogP contribution is 2.32. The molecule has 0 saturated heterocycles. The van der Waals surface area contributed by atoms with Crippen molar-refractivity contribution in [1.29, 1.82) is 0 Å². The molecule has 5 heteroatoms. The molecule has 0 saturated carbocycles. The SMILES string of the molecule is CSCC(C)CNCc1cc(Br)c(Br)s1. The quantitative estimate of drug-likeness (QED) is 0.795. The van der Waals surface area contributed by atoms with Crippen LogP contribution in [0.2, 0.25) is 0 Å². The first-order valence-electron chi connectivity index (χ1n) is 4.76. The standard InChI is InChI=1S/C10H15Br2NS2/c1-7(6-14-2)4-13-5-8-3-9(11)10(12)15-8/h3,7,13H,4-6H2,1-2H3. The molecule has 1 heterocycles. The van der Waals surface area contributed by atoms with E-state index in [4.69, 9.17) is 0 Å². The van der Waals surface area contributed by atoms with Crippen molar-refractivity contribution >= 4 is 55.0 Å². The predicted molar refractivity (Wildman–Crippen MR) is 79.0 cm³/mol. The topological polar surface area (TPSA) is 12.0 Å². The molecular weight excluding hydrogens is 358 g/mol. The van der Waals surface area contributed by atoms with Crippen LogP contribution in [0.15, 0.2) is 14.3 Å². The van der Waals surface area contributed by atoms with E-state index in [1.54, 1.807) is 11.3 Å². The smallest absolute Gasteiger partial charge is 0.0843 e. The van der Waals surface area contributed by atoms with E-state index in [9.17, 15) is 0 Å². The highest BCUT2D eigenvalue weighted by Gasteiger charge is 2.04. The van der Waals surface area contributed by atoms with E-state index in [1.165, 1.54) is 14.4 Å². The molecule has 1 nitrogen and oxygen atoms in total. The van der Waals surface area contributed by atoms with Crippen LogP contribution in [0.3, 0.4) is 0 Å². The van der Waals surface area contributed by atoms with Crippen molar-refractivity contribution in [2.45, 2.75) is 13.5 Å². The number of thioether (sulfide) groups is 1. The number of thiophene rings is 1. The fourth-order valence-corrected chi connectivity index (χ4v) is 4.10. The van der Waals surface area contributed by atoms with Crippen LogP contribution in [0.5, 0.6) is 0 Å². The lowest BCUT2D eigenvalue weighted by Gasteiger charge is -2.09. The summed E-state index contributed by atoms with van der Waals surface area (Å²) in [7, 11) is 0. The van der Waals surface area contributed by atoms with Gasteiger partial charge in [-0.2, -0.15) is 11.8 Å². The molecule has 0 radical (unpaired) electrons. The van der Waals surface area contributed by atoms with Crippen LogP contribution < -0.4 is 5.32 Å². The first kappa shape index (κ1) is 14.0. The molecule has 1 aromatic heterocycles. The first-order chi connectivity index (χ1) is 7.13. The largest absolute Gasteiger partial charge is 0.312 e. The summed E-state index contributed by atoms with van der Waals surface area (Å²) in [5.41, 5.74) is 0. The maximum atomic E-state index is 3.50. The second kappa shape index (κ2) is 7.33. The van der Waals surface area contributed by atoms with Crippen molar-refractivity contribution in [3.05, 3.63) is 19.2 Å². The van der Waals surface area contributed by atoms with Gasteiger partial charge in [-0.25, -0.2) is 0 Å². The van der Waals surface area contributed by atoms with Gasteiger partial charge in [0.05, 0.1) is 3.79 Å². The van der Waals surface area contributed by atoms with E-state index in [0.29, 0.717) is 0 Å². The van der Waals surface area contributed by atoms with Crippen molar-refractivity contribution in [2.24, 2.45) is 5.92 Å². The number of nitrogens with one attached hydrogen (secondary N) is 1. The molecule has 15 heavy (non-hydrogen) atoms. The van der Waals surface area contributed by atoms with Gasteiger partial charge in [-0.05, 0) is 62.4 Å². The summed E-state index contributed by atoms with van der Waals surface area (Å²) in [6, 6.07) is 2.17. The average Bonchev–Trinajstić information content (AvgIpc) is 2.46.